The quantitative estimate of drug-likeness (QED) is 0.724. The highest BCUT2D eigenvalue weighted by molar-refractivity contribution is 8.00. The van der Waals surface area contributed by atoms with Crippen LogP contribution < -0.4 is 5.32 Å². The summed E-state index contributed by atoms with van der Waals surface area (Å²) in [5.41, 5.74) is 0. The lowest BCUT2D eigenvalue weighted by Crippen LogP contribution is -2.34. The van der Waals surface area contributed by atoms with Gasteiger partial charge in [-0.15, -0.1) is 11.3 Å². The number of thioether (sulfide) groups is 1. The summed E-state index contributed by atoms with van der Waals surface area (Å²) in [4.78, 5) is 14.7. The lowest BCUT2D eigenvalue weighted by Gasteiger charge is -2.09. The highest BCUT2D eigenvalue weighted by Gasteiger charge is 2.14. The van der Waals surface area contributed by atoms with Crippen molar-refractivity contribution < 1.29 is 9.90 Å². The van der Waals surface area contributed by atoms with Gasteiger partial charge in [0.2, 0.25) is 0 Å². The first-order chi connectivity index (χ1) is 6.74. The molecule has 0 aromatic carbocycles. The van der Waals surface area contributed by atoms with Crippen molar-refractivity contribution in [2.24, 2.45) is 0 Å². The van der Waals surface area contributed by atoms with Crippen molar-refractivity contribution in [2.75, 3.05) is 12.8 Å². The van der Waals surface area contributed by atoms with E-state index in [2.05, 4.69) is 10.3 Å². The maximum atomic E-state index is 10.6. The van der Waals surface area contributed by atoms with Gasteiger partial charge in [-0.3, -0.25) is 4.79 Å². The van der Waals surface area contributed by atoms with Crippen LogP contribution in [0, 0.1) is 0 Å². The summed E-state index contributed by atoms with van der Waals surface area (Å²) in [6.45, 7) is 0. The third-order valence-electron chi connectivity index (χ3n) is 1.69. The largest absolute Gasteiger partial charge is 0.480 e. The molecule has 0 aliphatic heterocycles. The molecule has 6 heteroatoms. The summed E-state index contributed by atoms with van der Waals surface area (Å²) in [5, 5.41) is 13.4. The van der Waals surface area contributed by atoms with Gasteiger partial charge in [-0.1, -0.05) is 11.8 Å². The second-order valence-corrected chi connectivity index (χ2v) is 4.85. The van der Waals surface area contributed by atoms with Crippen molar-refractivity contribution in [3.05, 3.63) is 11.6 Å². The van der Waals surface area contributed by atoms with Crippen LogP contribution in [-0.4, -0.2) is 34.9 Å². The fourth-order valence-corrected chi connectivity index (χ4v) is 2.65. The fraction of sp³-hybridized carbons (Fsp3) is 0.500. The Balaban J connectivity index is 2.23. The highest BCUT2D eigenvalue weighted by Crippen LogP contribution is 2.21. The molecule has 78 valence electrons. The molecule has 0 spiro atoms. The molecular weight excluding hydrogens is 220 g/mol. The number of carboxylic acid groups (broad SMARTS) is 1. The number of hydrogen-bond acceptors (Lipinski definition) is 5. The third kappa shape index (κ3) is 3.65. The Morgan fingerprint density at radius 3 is 3.14 bits per heavy atom. The summed E-state index contributed by atoms with van der Waals surface area (Å²) in [5.74, 6) is -0.0297. The SMILES string of the molecule is CNC(CCSc1nccs1)C(=O)O. The highest BCUT2D eigenvalue weighted by atomic mass is 32.2. The molecule has 0 saturated heterocycles. The monoisotopic (exact) mass is 232 g/mol. The first kappa shape index (κ1) is 11.5. The molecule has 14 heavy (non-hydrogen) atoms. The minimum Gasteiger partial charge on any atom is -0.480 e. The second-order valence-electron chi connectivity index (χ2n) is 2.61. The molecule has 1 aromatic rings. The fourth-order valence-electron chi connectivity index (χ4n) is 0.937. The molecule has 0 bridgehead atoms. The van der Waals surface area contributed by atoms with Gasteiger partial charge in [-0.25, -0.2) is 4.98 Å². The smallest absolute Gasteiger partial charge is 0.320 e. The maximum absolute atomic E-state index is 10.6. The predicted octanol–water partition coefficient (Wildman–Crippen LogP) is 1.30. The third-order valence-corrected chi connectivity index (χ3v) is 3.69. The normalized spacial score (nSPS) is 12.6. The number of carbonyl (C=O) groups is 1. The lowest BCUT2D eigenvalue weighted by atomic mass is 10.2. The molecule has 1 rings (SSSR count). The Morgan fingerprint density at radius 2 is 2.64 bits per heavy atom. The lowest BCUT2D eigenvalue weighted by molar-refractivity contribution is -0.139. The van der Waals surface area contributed by atoms with Crippen LogP contribution in [0.4, 0.5) is 0 Å². The molecule has 4 nitrogen and oxygen atoms in total. The van der Waals surface area contributed by atoms with Gasteiger partial charge in [-0.2, -0.15) is 0 Å². The topological polar surface area (TPSA) is 62.2 Å². The molecule has 0 aliphatic carbocycles. The Labute approximate surface area is 90.7 Å². The molecule has 1 unspecified atom stereocenters. The molecule has 0 aliphatic rings. The molecular formula is C8H12N2O2S2. The molecule has 0 radical (unpaired) electrons. The van der Waals surface area contributed by atoms with Crippen molar-refractivity contribution in [1.82, 2.24) is 10.3 Å². The minimum atomic E-state index is -0.799. The van der Waals surface area contributed by atoms with Crippen LogP contribution in [0.25, 0.3) is 0 Å². The standard InChI is InChI=1S/C8H12N2O2S2/c1-9-6(7(11)12)2-4-13-8-10-3-5-14-8/h3,5-6,9H,2,4H2,1H3,(H,11,12). The van der Waals surface area contributed by atoms with E-state index in [0.717, 1.165) is 10.1 Å². The molecule has 0 saturated carbocycles. The summed E-state index contributed by atoms with van der Waals surface area (Å²) >= 11 is 3.17. The number of nitrogens with zero attached hydrogens (tertiary/aromatic N) is 1. The zero-order valence-corrected chi connectivity index (χ0v) is 9.40. The van der Waals surface area contributed by atoms with E-state index in [1.54, 1.807) is 36.3 Å². The van der Waals surface area contributed by atoms with Gasteiger partial charge in [0.15, 0.2) is 0 Å². The number of hydrogen-bond donors (Lipinski definition) is 2. The van der Waals surface area contributed by atoms with E-state index in [0.29, 0.717) is 6.42 Å². The number of aliphatic carboxylic acids is 1. The van der Waals surface area contributed by atoms with E-state index in [4.69, 9.17) is 5.11 Å². The molecule has 0 amide bonds. The summed E-state index contributed by atoms with van der Waals surface area (Å²) in [6, 6.07) is -0.456. The average molecular weight is 232 g/mol. The van der Waals surface area contributed by atoms with E-state index in [1.165, 1.54) is 0 Å². The number of nitrogens with one attached hydrogen (secondary N) is 1. The summed E-state index contributed by atoms with van der Waals surface area (Å²) in [6.07, 6.45) is 2.36. The van der Waals surface area contributed by atoms with E-state index in [-0.39, 0.29) is 0 Å². The number of thiazole rings is 1. The van der Waals surface area contributed by atoms with E-state index < -0.39 is 12.0 Å². The van der Waals surface area contributed by atoms with E-state index in [1.807, 2.05) is 5.38 Å². The van der Waals surface area contributed by atoms with Gasteiger partial charge in [0.1, 0.15) is 10.4 Å². The zero-order valence-electron chi connectivity index (χ0n) is 7.77. The summed E-state index contributed by atoms with van der Waals surface area (Å²) < 4.78 is 0.991. The van der Waals surface area contributed by atoms with Crippen molar-refractivity contribution in [1.29, 1.82) is 0 Å². The Hall–Kier alpha value is -0.590. The van der Waals surface area contributed by atoms with Crippen LogP contribution >= 0.6 is 23.1 Å². The first-order valence-electron chi connectivity index (χ1n) is 4.16. The van der Waals surface area contributed by atoms with Crippen LogP contribution in [0.3, 0.4) is 0 Å². The number of carboxylic acids is 1. The van der Waals surface area contributed by atoms with Gasteiger partial charge < -0.3 is 10.4 Å². The van der Waals surface area contributed by atoms with Crippen molar-refractivity contribution in [3.8, 4) is 0 Å². The van der Waals surface area contributed by atoms with Crippen LogP contribution in [-0.2, 0) is 4.79 Å². The average Bonchev–Trinajstić information content (AvgIpc) is 2.64. The van der Waals surface area contributed by atoms with Crippen LogP contribution in [0.5, 0.6) is 0 Å². The van der Waals surface area contributed by atoms with Gasteiger partial charge in [0.25, 0.3) is 0 Å². The first-order valence-corrected chi connectivity index (χ1v) is 6.03. The van der Waals surface area contributed by atoms with Gasteiger partial charge in [0, 0.05) is 17.3 Å². The molecule has 1 heterocycles. The molecule has 0 fully saturated rings. The van der Waals surface area contributed by atoms with Gasteiger partial charge in [-0.05, 0) is 13.5 Å². The van der Waals surface area contributed by atoms with Gasteiger partial charge >= 0.3 is 5.97 Å². The van der Waals surface area contributed by atoms with Gasteiger partial charge in [0.05, 0.1) is 0 Å². The summed E-state index contributed by atoms with van der Waals surface area (Å²) in [7, 11) is 1.66. The van der Waals surface area contributed by atoms with Crippen LogP contribution in [0.15, 0.2) is 15.9 Å². The van der Waals surface area contributed by atoms with Crippen LogP contribution in [0.2, 0.25) is 0 Å². The molecule has 1 aromatic heterocycles. The molecule has 2 N–H and O–H groups in total. The number of rotatable bonds is 6. The van der Waals surface area contributed by atoms with E-state index in [9.17, 15) is 4.79 Å². The minimum absolute atomic E-state index is 0.456. The van der Waals surface area contributed by atoms with Crippen molar-refractivity contribution in [2.45, 2.75) is 16.8 Å². The van der Waals surface area contributed by atoms with Crippen molar-refractivity contribution in [3.63, 3.8) is 0 Å². The van der Waals surface area contributed by atoms with Crippen molar-refractivity contribution >= 4 is 29.1 Å². The molecule has 1 atom stereocenters. The number of aromatic nitrogens is 1. The Kier molecular flexibility index (Phi) is 4.92. The maximum Gasteiger partial charge on any atom is 0.320 e. The zero-order chi connectivity index (χ0) is 10.4. The van der Waals surface area contributed by atoms with E-state index >= 15 is 0 Å². The van der Waals surface area contributed by atoms with Crippen LogP contribution in [0.1, 0.15) is 6.42 Å². The Bertz CT molecular complexity index is 277. The number of likely N-dealkylation sites (N-methyl/N-ethyl adjacent to an activating group) is 1. The predicted molar refractivity (Wildman–Crippen MR) is 57.9 cm³/mol. The second kappa shape index (κ2) is 6.00. The Morgan fingerprint density at radius 1 is 1.86 bits per heavy atom.